The Morgan fingerprint density at radius 3 is 2.84 bits per heavy atom. The standard InChI is InChI=1S/C18H21N5O2/c1-22(9-8-14-11-19-23(2)12-14)18(24)17-10-15(20-21-17)13-25-16-6-4-3-5-7-16/h3-7,10-12H,8-9,13H2,1-2H3,(H,20,21). The predicted octanol–water partition coefficient (Wildman–Crippen LogP) is 2.04. The van der Waals surface area contributed by atoms with E-state index in [4.69, 9.17) is 4.74 Å². The number of carbonyl (C=O) groups excluding carboxylic acids is 1. The fourth-order valence-corrected chi connectivity index (χ4v) is 2.42. The number of aromatic amines is 1. The Kier molecular flexibility index (Phi) is 5.13. The third kappa shape index (κ3) is 4.47. The molecule has 3 rings (SSSR count). The highest BCUT2D eigenvalue weighted by atomic mass is 16.5. The van der Waals surface area contributed by atoms with Gasteiger partial charge in [-0.15, -0.1) is 0 Å². The lowest BCUT2D eigenvalue weighted by Crippen LogP contribution is -2.29. The molecule has 0 aliphatic heterocycles. The monoisotopic (exact) mass is 339 g/mol. The van der Waals surface area contributed by atoms with E-state index in [0.717, 1.165) is 23.4 Å². The van der Waals surface area contributed by atoms with E-state index >= 15 is 0 Å². The molecule has 3 aromatic rings. The van der Waals surface area contributed by atoms with Crippen molar-refractivity contribution in [2.75, 3.05) is 13.6 Å². The molecule has 7 heteroatoms. The van der Waals surface area contributed by atoms with Crippen molar-refractivity contribution in [1.82, 2.24) is 24.9 Å². The minimum Gasteiger partial charge on any atom is -0.487 e. The van der Waals surface area contributed by atoms with Gasteiger partial charge in [-0.25, -0.2) is 0 Å². The summed E-state index contributed by atoms with van der Waals surface area (Å²) in [5.74, 6) is 0.657. The van der Waals surface area contributed by atoms with Crippen LogP contribution in [0.25, 0.3) is 0 Å². The molecule has 2 aromatic heterocycles. The zero-order valence-electron chi connectivity index (χ0n) is 14.3. The number of nitrogens with zero attached hydrogens (tertiary/aromatic N) is 4. The van der Waals surface area contributed by atoms with Gasteiger partial charge >= 0.3 is 0 Å². The highest BCUT2D eigenvalue weighted by Gasteiger charge is 2.15. The molecule has 1 amide bonds. The van der Waals surface area contributed by atoms with Crippen LogP contribution in [0.5, 0.6) is 5.75 Å². The number of H-pyrrole nitrogens is 1. The van der Waals surface area contributed by atoms with Crippen LogP contribution >= 0.6 is 0 Å². The molecule has 0 saturated heterocycles. The van der Waals surface area contributed by atoms with Crippen molar-refractivity contribution in [3.05, 3.63) is 65.7 Å². The summed E-state index contributed by atoms with van der Waals surface area (Å²) in [6.45, 7) is 0.941. The van der Waals surface area contributed by atoms with Gasteiger partial charge in [-0.2, -0.15) is 10.2 Å². The molecule has 0 aliphatic rings. The molecule has 25 heavy (non-hydrogen) atoms. The molecule has 2 heterocycles. The number of likely N-dealkylation sites (N-methyl/N-ethyl adjacent to an activating group) is 1. The molecule has 0 aliphatic carbocycles. The molecule has 0 atom stereocenters. The van der Waals surface area contributed by atoms with E-state index in [-0.39, 0.29) is 5.91 Å². The maximum absolute atomic E-state index is 12.4. The second-order valence-electron chi connectivity index (χ2n) is 5.88. The fraction of sp³-hybridized carbons (Fsp3) is 0.278. The molecule has 0 fully saturated rings. The third-order valence-corrected chi connectivity index (χ3v) is 3.83. The summed E-state index contributed by atoms with van der Waals surface area (Å²) in [5, 5.41) is 11.1. The van der Waals surface area contributed by atoms with Gasteiger partial charge in [0.1, 0.15) is 12.4 Å². The number of para-hydroxylation sites is 1. The second-order valence-corrected chi connectivity index (χ2v) is 5.88. The molecule has 1 N–H and O–H groups in total. The van der Waals surface area contributed by atoms with Crippen LogP contribution < -0.4 is 4.74 Å². The van der Waals surface area contributed by atoms with Crippen LogP contribution in [0, 0.1) is 0 Å². The van der Waals surface area contributed by atoms with Crippen molar-refractivity contribution in [3.63, 3.8) is 0 Å². The van der Waals surface area contributed by atoms with Crippen LogP contribution in [0.1, 0.15) is 21.7 Å². The number of carbonyl (C=O) groups is 1. The van der Waals surface area contributed by atoms with Crippen LogP contribution in [-0.4, -0.2) is 44.4 Å². The molecule has 1 aromatic carbocycles. The highest BCUT2D eigenvalue weighted by molar-refractivity contribution is 5.92. The Bertz CT molecular complexity index is 825. The van der Waals surface area contributed by atoms with Crippen LogP contribution in [0.2, 0.25) is 0 Å². The van der Waals surface area contributed by atoms with Gasteiger partial charge in [-0.1, -0.05) is 18.2 Å². The Balaban J connectivity index is 1.52. The van der Waals surface area contributed by atoms with Crippen molar-refractivity contribution >= 4 is 5.91 Å². The summed E-state index contributed by atoms with van der Waals surface area (Å²) >= 11 is 0. The minimum absolute atomic E-state index is 0.119. The van der Waals surface area contributed by atoms with E-state index in [1.807, 2.05) is 49.8 Å². The summed E-state index contributed by atoms with van der Waals surface area (Å²) in [5.41, 5.74) is 2.24. The van der Waals surface area contributed by atoms with E-state index in [2.05, 4.69) is 15.3 Å². The first-order chi connectivity index (χ1) is 12.1. The van der Waals surface area contributed by atoms with Gasteiger partial charge in [0.15, 0.2) is 5.69 Å². The van der Waals surface area contributed by atoms with Gasteiger partial charge in [-0.05, 0) is 30.2 Å². The molecule has 0 spiro atoms. The smallest absolute Gasteiger partial charge is 0.274 e. The normalized spacial score (nSPS) is 10.6. The second kappa shape index (κ2) is 7.65. The van der Waals surface area contributed by atoms with Gasteiger partial charge in [0.25, 0.3) is 5.91 Å². The summed E-state index contributed by atoms with van der Waals surface area (Å²) in [6, 6.07) is 11.2. The van der Waals surface area contributed by atoms with Gasteiger partial charge in [0, 0.05) is 26.8 Å². The molecule has 0 unspecified atom stereocenters. The number of nitrogens with one attached hydrogen (secondary N) is 1. The molecule has 7 nitrogen and oxygen atoms in total. The van der Waals surface area contributed by atoms with Crippen molar-refractivity contribution in [2.45, 2.75) is 13.0 Å². The summed E-state index contributed by atoms with van der Waals surface area (Å²) in [7, 11) is 3.65. The van der Waals surface area contributed by atoms with Crippen molar-refractivity contribution in [3.8, 4) is 5.75 Å². The Morgan fingerprint density at radius 2 is 2.12 bits per heavy atom. The number of benzene rings is 1. The average molecular weight is 339 g/mol. The van der Waals surface area contributed by atoms with Gasteiger partial charge in [-0.3, -0.25) is 14.6 Å². The maximum Gasteiger partial charge on any atom is 0.274 e. The quantitative estimate of drug-likeness (QED) is 0.715. The largest absolute Gasteiger partial charge is 0.487 e. The number of hydrogen-bond donors (Lipinski definition) is 1. The molecule has 0 bridgehead atoms. The highest BCUT2D eigenvalue weighted by Crippen LogP contribution is 2.12. The van der Waals surface area contributed by atoms with Crippen molar-refractivity contribution in [2.24, 2.45) is 7.05 Å². The first-order valence-corrected chi connectivity index (χ1v) is 8.07. The number of aromatic nitrogens is 4. The maximum atomic E-state index is 12.4. The molecule has 0 saturated carbocycles. The van der Waals surface area contributed by atoms with Gasteiger partial charge < -0.3 is 9.64 Å². The van der Waals surface area contributed by atoms with Crippen LogP contribution in [-0.2, 0) is 20.1 Å². The van der Waals surface area contributed by atoms with E-state index in [1.54, 1.807) is 22.7 Å². The lowest BCUT2D eigenvalue weighted by Gasteiger charge is -2.14. The molecular formula is C18H21N5O2. The number of amides is 1. The van der Waals surface area contributed by atoms with Crippen molar-refractivity contribution in [1.29, 1.82) is 0 Å². The van der Waals surface area contributed by atoms with Crippen LogP contribution in [0.4, 0.5) is 0 Å². The third-order valence-electron chi connectivity index (χ3n) is 3.83. The first-order valence-electron chi connectivity index (χ1n) is 8.07. The first kappa shape index (κ1) is 16.8. The number of aryl methyl sites for hydroxylation is 1. The summed E-state index contributed by atoms with van der Waals surface area (Å²) in [4.78, 5) is 14.1. The van der Waals surface area contributed by atoms with Crippen LogP contribution in [0.15, 0.2) is 48.8 Å². The average Bonchev–Trinajstić information content (AvgIpc) is 3.27. The van der Waals surface area contributed by atoms with Gasteiger partial charge in [0.05, 0.1) is 11.9 Å². The van der Waals surface area contributed by atoms with E-state index < -0.39 is 0 Å². The Labute approximate surface area is 146 Å². The van der Waals surface area contributed by atoms with E-state index in [9.17, 15) is 4.79 Å². The molecular weight excluding hydrogens is 318 g/mol. The number of ether oxygens (including phenoxy) is 1. The number of hydrogen-bond acceptors (Lipinski definition) is 4. The van der Waals surface area contributed by atoms with Crippen molar-refractivity contribution < 1.29 is 9.53 Å². The summed E-state index contributed by atoms with van der Waals surface area (Å²) < 4.78 is 7.40. The van der Waals surface area contributed by atoms with Crippen LogP contribution in [0.3, 0.4) is 0 Å². The Morgan fingerprint density at radius 1 is 1.32 bits per heavy atom. The van der Waals surface area contributed by atoms with Gasteiger partial charge in [0.2, 0.25) is 0 Å². The minimum atomic E-state index is -0.119. The zero-order chi connectivity index (χ0) is 17.6. The van der Waals surface area contributed by atoms with E-state index in [1.165, 1.54) is 0 Å². The lowest BCUT2D eigenvalue weighted by atomic mass is 10.2. The summed E-state index contributed by atoms with van der Waals surface area (Å²) in [6.07, 6.45) is 4.52. The van der Waals surface area contributed by atoms with E-state index in [0.29, 0.717) is 18.8 Å². The molecule has 0 radical (unpaired) electrons. The number of rotatable bonds is 7. The SMILES string of the molecule is CN(CCc1cnn(C)c1)C(=O)c1cc(COc2ccccc2)[nH]n1. The predicted molar refractivity (Wildman–Crippen MR) is 93.2 cm³/mol. The lowest BCUT2D eigenvalue weighted by molar-refractivity contribution is 0.0791. The zero-order valence-corrected chi connectivity index (χ0v) is 14.3. The Hall–Kier alpha value is -3.09. The molecule has 130 valence electrons. The topological polar surface area (TPSA) is 76.0 Å². The fourth-order valence-electron chi connectivity index (χ4n) is 2.42.